The van der Waals surface area contributed by atoms with Gasteiger partial charge in [-0.1, -0.05) is 12.1 Å². The molecule has 0 saturated carbocycles. The van der Waals surface area contributed by atoms with Crippen molar-refractivity contribution >= 4 is 35.1 Å². The quantitative estimate of drug-likeness (QED) is 0.0871. The summed E-state index contributed by atoms with van der Waals surface area (Å²) in [6.07, 6.45) is -2.18. The third-order valence-corrected chi connectivity index (χ3v) is 5.34. The van der Waals surface area contributed by atoms with Gasteiger partial charge in [0.1, 0.15) is 18.7 Å². The number of ketones is 1. The van der Waals surface area contributed by atoms with E-state index < -0.39 is 66.2 Å². The third kappa shape index (κ3) is 9.51. The molecule has 0 spiro atoms. The minimum Gasteiger partial charge on any atom is -0.392 e. The number of nitrogens with one attached hydrogen (secondary N) is 3. The number of ether oxygens (including phenoxy) is 2. The molecule has 0 saturated heterocycles. The first-order chi connectivity index (χ1) is 17.4. The molecule has 0 bridgehead atoms. The largest absolute Gasteiger partial charge is 0.392 e. The number of hydrogen-bond acceptors (Lipinski definition) is 10. The van der Waals surface area contributed by atoms with Gasteiger partial charge in [0.15, 0.2) is 11.3 Å². The molecule has 14 nitrogen and oxygen atoms in total. The Morgan fingerprint density at radius 1 is 1.03 bits per heavy atom. The summed E-state index contributed by atoms with van der Waals surface area (Å²) < 4.78 is 9.88. The number of Topliss-reactive ketones (excluding diaryl/α,β-unsaturated/α-hetero) is 1. The van der Waals surface area contributed by atoms with Crippen molar-refractivity contribution in [3.05, 3.63) is 29.8 Å². The number of nitrogens with two attached hydrogens (primary N) is 2. The maximum Gasteiger partial charge on any atom is 0.251 e. The van der Waals surface area contributed by atoms with Gasteiger partial charge in [-0.2, -0.15) is 0 Å². The molecule has 0 radical (unpaired) electrons. The van der Waals surface area contributed by atoms with E-state index in [0.717, 1.165) is 6.92 Å². The van der Waals surface area contributed by atoms with Gasteiger partial charge in [-0.3, -0.25) is 24.0 Å². The van der Waals surface area contributed by atoms with Crippen LogP contribution in [0.2, 0.25) is 0 Å². The number of rotatable bonds is 16. The maximum atomic E-state index is 12.8. The number of primary amides is 1. The van der Waals surface area contributed by atoms with E-state index in [-0.39, 0.29) is 19.8 Å². The lowest BCUT2D eigenvalue weighted by Gasteiger charge is -2.30. The molecule has 9 N–H and O–H groups in total. The van der Waals surface area contributed by atoms with Crippen LogP contribution in [0, 0.1) is 0 Å². The average Bonchev–Trinajstić information content (AvgIpc) is 2.85. The van der Waals surface area contributed by atoms with Crippen LogP contribution in [-0.4, -0.2) is 90.3 Å². The molecular formula is C23H35N5O9. The van der Waals surface area contributed by atoms with Crippen molar-refractivity contribution in [2.45, 2.75) is 50.6 Å². The predicted octanol–water partition coefficient (Wildman–Crippen LogP) is -2.71. The van der Waals surface area contributed by atoms with Crippen LogP contribution in [-0.2, 0) is 40.1 Å². The van der Waals surface area contributed by atoms with Gasteiger partial charge in [-0.15, -0.1) is 0 Å². The first-order valence-corrected chi connectivity index (χ1v) is 11.3. The number of benzene rings is 1. The number of methoxy groups -OCH3 is 1. The average molecular weight is 526 g/mol. The third-order valence-electron chi connectivity index (χ3n) is 5.34. The van der Waals surface area contributed by atoms with Crippen LogP contribution in [0.15, 0.2) is 24.3 Å². The van der Waals surface area contributed by atoms with E-state index in [4.69, 9.17) is 26.0 Å². The SMILES string of the molecule is COCCOCC(=O)[C@@](N)(C(=O)N[C@@H](C)C(=O)N[C@@H](CC(N)=O)C(=O)Nc1ccc(CO)cc1)[C@@H](C)O. The number of anilines is 1. The van der Waals surface area contributed by atoms with Crippen LogP contribution in [0.4, 0.5) is 5.69 Å². The molecule has 4 atom stereocenters. The zero-order chi connectivity index (χ0) is 28.2. The van der Waals surface area contributed by atoms with E-state index in [2.05, 4.69) is 16.0 Å². The molecule has 0 aliphatic carbocycles. The summed E-state index contributed by atoms with van der Waals surface area (Å²) >= 11 is 0. The van der Waals surface area contributed by atoms with Crippen LogP contribution in [0.25, 0.3) is 0 Å². The van der Waals surface area contributed by atoms with Crippen LogP contribution >= 0.6 is 0 Å². The lowest BCUT2D eigenvalue weighted by Crippen LogP contribution is -2.68. The van der Waals surface area contributed by atoms with Crippen LogP contribution < -0.4 is 27.4 Å². The highest BCUT2D eigenvalue weighted by Gasteiger charge is 2.47. The molecule has 0 heterocycles. The summed E-state index contributed by atoms with van der Waals surface area (Å²) in [5, 5.41) is 26.2. The fourth-order valence-electron chi connectivity index (χ4n) is 2.99. The molecule has 1 aromatic carbocycles. The van der Waals surface area contributed by atoms with Gasteiger partial charge in [-0.25, -0.2) is 0 Å². The minimum absolute atomic E-state index is 0.0491. The number of carbonyl (C=O) groups is 5. The summed E-state index contributed by atoms with van der Waals surface area (Å²) in [6.45, 7) is 1.85. The van der Waals surface area contributed by atoms with Gasteiger partial charge in [-0.05, 0) is 31.5 Å². The highest BCUT2D eigenvalue weighted by molar-refractivity contribution is 6.12. The number of hydrogen-bond donors (Lipinski definition) is 7. The molecule has 0 fully saturated rings. The van der Waals surface area contributed by atoms with Crippen molar-refractivity contribution in [1.29, 1.82) is 0 Å². The topological polar surface area (TPSA) is 232 Å². The van der Waals surface area contributed by atoms with Gasteiger partial charge in [0.25, 0.3) is 5.91 Å². The molecule has 37 heavy (non-hydrogen) atoms. The molecule has 14 heteroatoms. The first-order valence-electron chi connectivity index (χ1n) is 11.3. The first kappa shape index (κ1) is 31.6. The van der Waals surface area contributed by atoms with Gasteiger partial charge < -0.3 is 47.1 Å². The summed E-state index contributed by atoms with van der Waals surface area (Å²) in [5.41, 5.74) is 9.65. The molecule has 1 rings (SSSR count). The number of amides is 4. The molecule has 0 aliphatic heterocycles. The van der Waals surface area contributed by atoms with Crippen molar-refractivity contribution in [3.63, 3.8) is 0 Å². The van der Waals surface area contributed by atoms with Crippen LogP contribution in [0.3, 0.4) is 0 Å². The molecule has 206 valence electrons. The van der Waals surface area contributed by atoms with E-state index in [1.165, 1.54) is 26.2 Å². The highest BCUT2D eigenvalue weighted by Crippen LogP contribution is 2.12. The van der Waals surface area contributed by atoms with Crippen molar-refractivity contribution in [3.8, 4) is 0 Å². The van der Waals surface area contributed by atoms with Crippen molar-refractivity contribution in [2.24, 2.45) is 11.5 Å². The number of carbonyl (C=O) groups excluding carboxylic acids is 5. The van der Waals surface area contributed by atoms with Crippen molar-refractivity contribution in [2.75, 3.05) is 32.2 Å². The molecule has 0 aromatic heterocycles. The number of aliphatic hydroxyl groups excluding tert-OH is 2. The Morgan fingerprint density at radius 2 is 1.65 bits per heavy atom. The smallest absolute Gasteiger partial charge is 0.251 e. The standard InChI is InChI=1S/C23H35N5O9/c1-13(26-22(35)23(25,14(2)30)18(31)12-37-9-8-36-3)20(33)28-17(10-19(24)32)21(34)27-16-6-4-15(11-29)5-7-16/h4-7,13-14,17,29-30H,8-12,25H2,1-3H3,(H2,24,32)(H,26,35)(H,27,34)(H,28,33)/t13-,14+,17-,23+/m0/s1. The Kier molecular flexibility index (Phi) is 12.8. The van der Waals surface area contributed by atoms with Crippen molar-refractivity contribution in [1.82, 2.24) is 10.6 Å². The van der Waals surface area contributed by atoms with Gasteiger partial charge in [0.05, 0.1) is 32.3 Å². The lowest BCUT2D eigenvalue weighted by molar-refractivity contribution is -0.145. The van der Waals surface area contributed by atoms with Gasteiger partial charge in [0.2, 0.25) is 17.7 Å². The monoisotopic (exact) mass is 525 g/mol. The lowest BCUT2D eigenvalue weighted by atomic mass is 9.88. The van der Waals surface area contributed by atoms with E-state index >= 15 is 0 Å². The zero-order valence-electron chi connectivity index (χ0n) is 21.0. The Balaban J connectivity index is 2.88. The van der Waals surface area contributed by atoms with E-state index in [9.17, 15) is 29.1 Å². The Hall–Kier alpha value is -3.43. The second-order valence-electron chi connectivity index (χ2n) is 8.28. The fourth-order valence-corrected chi connectivity index (χ4v) is 2.99. The van der Waals surface area contributed by atoms with E-state index in [1.54, 1.807) is 12.1 Å². The fraction of sp³-hybridized carbons (Fsp3) is 0.522. The molecule has 0 aliphatic rings. The molecule has 4 amide bonds. The Morgan fingerprint density at radius 3 is 2.16 bits per heavy atom. The zero-order valence-corrected chi connectivity index (χ0v) is 21.0. The number of aliphatic hydroxyl groups is 2. The predicted molar refractivity (Wildman–Crippen MR) is 131 cm³/mol. The van der Waals surface area contributed by atoms with E-state index in [0.29, 0.717) is 11.3 Å². The summed E-state index contributed by atoms with van der Waals surface area (Å²) in [7, 11) is 1.43. The second-order valence-corrected chi connectivity index (χ2v) is 8.28. The normalized spacial score (nSPS) is 15.0. The maximum absolute atomic E-state index is 12.8. The summed E-state index contributed by atoms with van der Waals surface area (Å²) in [4.78, 5) is 62.2. The summed E-state index contributed by atoms with van der Waals surface area (Å²) in [5.74, 6) is -4.60. The minimum atomic E-state index is -2.42. The molecule has 0 unspecified atom stereocenters. The highest BCUT2D eigenvalue weighted by atomic mass is 16.5. The molecule has 1 aromatic rings. The van der Waals surface area contributed by atoms with Crippen LogP contribution in [0.1, 0.15) is 25.8 Å². The van der Waals surface area contributed by atoms with Gasteiger partial charge >= 0.3 is 0 Å². The van der Waals surface area contributed by atoms with Crippen LogP contribution in [0.5, 0.6) is 0 Å². The summed E-state index contributed by atoms with van der Waals surface area (Å²) in [6, 6.07) is 3.45. The molecular weight excluding hydrogens is 490 g/mol. The second kappa shape index (κ2) is 15.0. The Bertz CT molecular complexity index is 954. The Labute approximate surface area is 214 Å². The van der Waals surface area contributed by atoms with Crippen molar-refractivity contribution < 1.29 is 43.7 Å². The van der Waals surface area contributed by atoms with Gasteiger partial charge in [0, 0.05) is 12.8 Å². The van der Waals surface area contributed by atoms with E-state index in [1.807, 2.05) is 0 Å².